The van der Waals surface area contributed by atoms with Gasteiger partial charge in [0, 0.05) is 6.04 Å². The van der Waals surface area contributed by atoms with Crippen LogP contribution in [0.5, 0.6) is 0 Å². The van der Waals surface area contributed by atoms with Crippen LogP contribution in [0, 0.1) is 0 Å². The van der Waals surface area contributed by atoms with Gasteiger partial charge in [-0.1, -0.05) is 19.1 Å². The number of aliphatic imine (C=N–C) groups is 1. The molecule has 0 bridgehead atoms. The van der Waals surface area contributed by atoms with Gasteiger partial charge in [-0.2, -0.15) is 13.2 Å². The van der Waals surface area contributed by atoms with Gasteiger partial charge in [0.1, 0.15) is 0 Å². The van der Waals surface area contributed by atoms with Gasteiger partial charge >= 0.3 is 6.18 Å². The van der Waals surface area contributed by atoms with E-state index >= 15 is 0 Å². The lowest BCUT2D eigenvalue weighted by atomic mass is 10.0. The van der Waals surface area contributed by atoms with Gasteiger partial charge in [-0.15, -0.1) is 0 Å². The third kappa shape index (κ3) is 2.73. The molecule has 0 fully saturated rings. The standard InChI is InChI=1S/C14H18F3N3/c1-3-9(2)20-12(8-19-13(20)18)10-4-6-11(7-5-10)14(15,16)17/h4-7,9,12H,3,8H2,1-2H3,(H2,18,19). The van der Waals surface area contributed by atoms with Crippen LogP contribution in [0.4, 0.5) is 13.2 Å². The number of benzene rings is 1. The van der Waals surface area contributed by atoms with Crippen LogP contribution in [-0.2, 0) is 6.18 Å². The molecule has 1 aliphatic rings. The molecule has 0 saturated carbocycles. The van der Waals surface area contributed by atoms with Crippen LogP contribution < -0.4 is 5.73 Å². The third-order valence-electron chi connectivity index (χ3n) is 3.72. The van der Waals surface area contributed by atoms with Gasteiger partial charge in [0.2, 0.25) is 0 Å². The van der Waals surface area contributed by atoms with Crippen molar-refractivity contribution in [2.75, 3.05) is 6.54 Å². The molecule has 0 spiro atoms. The topological polar surface area (TPSA) is 41.6 Å². The summed E-state index contributed by atoms with van der Waals surface area (Å²) in [6.45, 7) is 4.56. The third-order valence-corrected chi connectivity index (χ3v) is 3.72. The molecule has 1 heterocycles. The molecule has 3 nitrogen and oxygen atoms in total. The normalized spacial score (nSPS) is 20.9. The van der Waals surface area contributed by atoms with Crippen LogP contribution in [0.3, 0.4) is 0 Å². The van der Waals surface area contributed by atoms with Crippen LogP contribution in [0.1, 0.15) is 37.4 Å². The monoisotopic (exact) mass is 285 g/mol. The quantitative estimate of drug-likeness (QED) is 0.926. The number of hydrogen-bond donors (Lipinski definition) is 1. The lowest BCUT2D eigenvalue weighted by Crippen LogP contribution is -2.42. The number of alkyl halides is 3. The predicted octanol–water partition coefficient (Wildman–Crippen LogP) is 3.18. The van der Waals surface area contributed by atoms with E-state index in [1.165, 1.54) is 12.1 Å². The zero-order chi connectivity index (χ0) is 14.9. The lowest BCUT2D eigenvalue weighted by molar-refractivity contribution is -0.137. The summed E-state index contributed by atoms with van der Waals surface area (Å²) in [6.07, 6.45) is -3.41. The summed E-state index contributed by atoms with van der Waals surface area (Å²) < 4.78 is 37.7. The molecule has 0 aliphatic carbocycles. The maximum atomic E-state index is 12.6. The minimum Gasteiger partial charge on any atom is -0.370 e. The van der Waals surface area contributed by atoms with E-state index in [2.05, 4.69) is 4.99 Å². The number of rotatable bonds is 3. The van der Waals surface area contributed by atoms with Gasteiger partial charge in [-0.3, -0.25) is 4.99 Å². The van der Waals surface area contributed by atoms with Gasteiger partial charge in [-0.05, 0) is 31.0 Å². The number of nitrogens with two attached hydrogens (primary N) is 1. The second-order valence-electron chi connectivity index (χ2n) is 5.00. The largest absolute Gasteiger partial charge is 0.416 e. The van der Waals surface area contributed by atoms with Crippen molar-refractivity contribution < 1.29 is 13.2 Å². The highest BCUT2D eigenvalue weighted by Crippen LogP contribution is 2.32. The zero-order valence-corrected chi connectivity index (χ0v) is 11.5. The van der Waals surface area contributed by atoms with Gasteiger partial charge < -0.3 is 10.6 Å². The van der Waals surface area contributed by atoms with E-state index in [4.69, 9.17) is 5.73 Å². The van der Waals surface area contributed by atoms with Crippen molar-refractivity contribution in [1.29, 1.82) is 0 Å². The van der Waals surface area contributed by atoms with Crippen molar-refractivity contribution in [2.45, 2.75) is 38.5 Å². The van der Waals surface area contributed by atoms with Crippen LogP contribution in [-0.4, -0.2) is 23.4 Å². The van der Waals surface area contributed by atoms with Crippen LogP contribution in [0.2, 0.25) is 0 Å². The maximum Gasteiger partial charge on any atom is 0.416 e. The number of nitrogens with zero attached hydrogens (tertiary/aromatic N) is 2. The Kier molecular flexibility index (Phi) is 3.92. The molecule has 20 heavy (non-hydrogen) atoms. The summed E-state index contributed by atoms with van der Waals surface area (Å²) >= 11 is 0. The molecule has 1 aromatic carbocycles. The van der Waals surface area contributed by atoms with Crippen molar-refractivity contribution in [2.24, 2.45) is 10.7 Å². The van der Waals surface area contributed by atoms with Crippen molar-refractivity contribution in [1.82, 2.24) is 4.90 Å². The number of guanidine groups is 1. The Bertz CT molecular complexity index is 493. The maximum absolute atomic E-state index is 12.6. The van der Waals surface area contributed by atoms with Crippen molar-refractivity contribution in [3.8, 4) is 0 Å². The van der Waals surface area contributed by atoms with Crippen molar-refractivity contribution in [3.05, 3.63) is 35.4 Å². The van der Waals surface area contributed by atoms with Crippen LogP contribution >= 0.6 is 0 Å². The molecule has 2 atom stereocenters. The van der Waals surface area contributed by atoms with Gasteiger partial charge in [0.25, 0.3) is 0 Å². The Morgan fingerprint density at radius 1 is 1.35 bits per heavy atom. The van der Waals surface area contributed by atoms with E-state index in [-0.39, 0.29) is 12.1 Å². The van der Waals surface area contributed by atoms with Crippen molar-refractivity contribution in [3.63, 3.8) is 0 Å². The van der Waals surface area contributed by atoms with Gasteiger partial charge in [-0.25, -0.2) is 0 Å². The second-order valence-corrected chi connectivity index (χ2v) is 5.00. The fourth-order valence-corrected chi connectivity index (χ4v) is 2.40. The molecule has 110 valence electrons. The first-order valence-electron chi connectivity index (χ1n) is 6.60. The van der Waals surface area contributed by atoms with Crippen LogP contribution in [0.25, 0.3) is 0 Å². The van der Waals surface area contributed by atoms with Crippen LogP contribution in [0.15, 0.2) is 29.3 Å². The Labute approximate surface area is 116 Å². The summed E-state index contributed by atoms with van der Waals surface area (Å²) in [4.78, 5) is 6.19. The zero-order valence-electron chi connectivity index (χ0n) is 11.5. The first-order chi connectivity index (χ1) is 9.34. The second kappa shape index (κ2) is 5.34. The molecule has 0 saturated heterocycles. The molecular formula is C14H18F3N3. The highest BCUT2D eigenvalue weighted by atomic mass is 19.4. The highest BCUT2D eigenvalue weighted by Gasteiger charge is 2.33. The molecule has 2 N–H and O–H groups in total. The van der Waals surface area contributed by atoms with Gasteiger partial charge in [0.05, 0.1) is 18.2 Å². The molecule has 0 aromatic heterocycles. The Morgan fingerprint density at radius 3 is 2.45 bits per heavy atom. The molecular weight excluding hydrogens is 267 g/mol. The molecule has 0 radical (unpaired) electrons. The number of hydrogen-bond acceptors (Lipinski definition) is 3. The Morgan fingerprint density at radius 2 is 1.95 bits per heavy atom. The van der Waals surface area contributed by atoms with Gasteiger partial charge in [0.15, 0.2) is 5.96 Å². The highest BCUT2D eigenvalue weighted by molar-refractivity contribution is 5.80. The van der Waals surface area contributed by atoms with Crippen molar-refractivity contribution >= 4 is 5.96 Å². The van der Waals surface area contributed by atoms with E-state index in [9.17, 15) is 13.2 Å². The number of halogens is 3. The molecule has 1 aliphatic heterocycles. The average Bonchev–Trinajstić information content (AvgIpc) is 2.79. The molecule has 2 unspecified atom stereocenters. The Balaban J connectivity index is 2.24. The van der Waals surface area contributed by atoms with E-state index in [0.29, 0.717) is 12.5 Å². The smallest absolute Gasteiger partial charge is 0.370 e. The summed E-state index contributed by atoms with van der Waals surface area (Å²) in [5.74, 6) is 0.462. The minimum absolute atomic E-state index is 0.0766. The molecule has 1 aromatic rings. The summed E-state index contributed by atoms with van der Waals surface area (Å²) in [6, 6.07) is 5.37. The Hall–Kier alpha value is -1.72. The molecule has 0 amide bonds. The van der Waals surface area contributed by atoms with E-state index in [0.717, 1.165) is 24.1 Å². The SMILES string of the molecule is CCC(C)N1C(N)=NCC1c1ccc(C(F)(F)F)cc1. The fraction of sp³-hybridized carbons (Fsp3) is 0.500. The van der Waals surface area contributed by atoms with E-state index < -0.39 is 11.7 Å². The summed E-state index contributed by atoms with van der Waals surface area (Å²) in [5.41, 5.74) is 6.05. The lowest BCUT2D eigenvalue weighted by Gasteiger charge is -2.32. The van der Waals surface area contributed by atoms with E-state index in [1.54, 1.807) is 0 Å². The average molecular weight is 285 g/mol. The summed E-state index contributed by atoms with van der Waals surface area (Å²) in [5, 5.41) is 0. The molecule has 6 heteroatoms. The first-order valence-corrected chi connectivity index (χ1v) is 6.60. The predicted molar refractivity (Wildman–Crippen MR) is 72.3 cm³/mol. The summed E-state index contributed by atoms with van der Waals surface area (Å²) in [7, 11) is 0. The first kappa shape index (κ1) is 14.7. The minimum atomic E-state index is -4.31. The van der Waals surface area contributed by atoms with E-state index in [1.807, 2.05) is 18.7 Å². The fourth-order valence-electron chi connectivity index (χ4n) is 2.40. The molecule has 2 rings (SSSR count).